The van der Waals surface area contributed by atoms with E-state index in [1.807, 2.05) is 39.0 Å². The molecule has 3 heterocycles. The lowest BCUT2D eigenvalue weighted by atomic mass is 10.2. The van der Waals surface area contributed by atoms with E-state index in [1.54, 1.807) is 28.8 Å². The Hall–Kier alpha value is -3.46. The molecule has 4 aromatic rings. The lowest BCUT2D eigenvalue weighted by Gasteiger charge is -2.20. The second-order valence-electron chi connectivity index (χ2n) is 7.79. The van der Waals surface area contributed by atoms with Crippen molar-refractivity contribution in [2.75, 3.05) is 13.2 Å². The molecule has 0 radical (unpaired) electrons. The van der Waals surface area contributed by atoms with Crippen LogP contribution in [0.5, 0.6) is 5.88 Å². The summed E-state index contributed by atoms with van der Waals surface area (Å²) < 4.78 is 13.3. The number of hydrogen-bond acceptors (Lipinski definition) is 7. The minimum Gasteiger partial charge on any atom is -0.466 e. The molecule has 0 N–H and O–H groups in total. The van der Waals surface area contributed by atoms with E-state index in [0.717, 1.165) is 28.7 Å². The molecule has 0 bridgehead atoms. The number of carbonyl (C=O) groups is 1. The summed E-state index contributed by atoms with van der Waals surface area (Å²) in [5.41, 5.74) is 3.26. The Kier molecular flexibility index (Phi) is 6.60. The van der Waals surface area contributed by atoms with Crippen molar-refractivity contribution < 1.29 is 13.9 Å². The zero-order chi connectivity index (χ0) is 23.5. The summed E-state index contributed by atoms with van der Waals surface area (Å²) in [5.74, 6) is 0.825. The first-order valence-corrected chi connectivity index (χ1v) is 11.0. The first kappa shape index (κ1) is 22.7. The molecule has 0 aliphatic rings. The van der Waals surface area contributed by atoms with Gasteiger partial charge in [0.25, 0.3) is 5.91 Å². The summed E-state index contributed by atoms with van der Waals surface area (Å²) in [6.45, 7) is 6.44. The molecule has 0 fully saturated rings. The molecule has 0 spiro atoms. The number of ether oxygens (including phenoxy) is 1. The third-order valence-corrected chi connectivity index (χ3v) is 5.49. The van der Waals surface area contributed by atoms with Gasteiger partial charge in [0.05, 0.1) is 22.5 Å². The van der Waals surface area contributed by atoms with Crippen LogP contribution >= 0.6 is 11.6 Å². The van der Waals surface area contributed by atoms with Gasteiger partial charge in [-0.2, -0.15) is 0 Å². The fourth-order valence-electron chi connectivity index (χ4n) is 3.66. The predicted octanol–water partition coefficient (Wildman–Crippen LogP) is 4.11. The van der Waals surface area contributed by atoms with Gasteiger partial charge in [0.15, 0.2) is 12.3 Å². The minimum atomic E-state index is -0.203. The summed E-state index contributed by atoms with van der Waals surface area (Å²) in [6, 6.07) is 9.19. The van der Waals surface area contributed by atoms with Gasteiger partial charge in [-0.15, -0.1) is 15.3 Å². The quantitative estimate of drug-likeness (QED) is 0.383. The van der Waals surface area contributed by atoms with Crippen LogP contribution < -0.4 is 4.74 Å². The fraction of sp³-hybridized carbons (Fsp3) is 0.348. The van der Waals surface area contributed by atoms with Crippen molar-refractivity contribution in [3.8, 4) is 17.3 Å². The Morgan fingerprint density at radius 2 is 2.03 bits per heavy atom. The van der Waals surface area contributed by atoms with Crippen molar-refractivity contribution in [2.24, 2.45) is 7.05 Å². The average molecular weight is 469 g/mol. The van der Waals surface area contributed by atoms with Crippen molar-refractivity contribution in [3.63, 3.8) is 0 Å². The van der Waals surface area contributed by atoms with Crippen LogP contribution in [0.1, 0.15) is 30.5 Å². The predicted molar refractivity (Wildman–Crippen MR) is 124 cm³/mol. The number of hydrogen-bond donors (Lipinski definition) is 0. The highest BCUT2D eigenvalue weighted by Crippen LogP contribution is 2.28. The number of nitrogens with zero attached hydrogens (tertiary/aromatic N) is 6. The highest BCUT2D eigenvalue weighted by Gasteiger charge is 2.21. The molecule has 0 atom stereocenters. The zero-order valence-electron chi connectivity index (χ0n) is 19.0. The van der Waals surface area contributed by atoms with Crippen LogP contribution in [0.3, 0.4) is 0 Å². The zero-order valence-corrected chi connectivity index (χ0v) is 19.8. The van der Waals surface area contributed by atoms with E-state index in [0.29, 0.717) is 34.8 Å². The Bertz CT molecular complexity index is 1300. The van der Waals surface area contributed by atoms with Crippen LogP contribution in [0.25, 0.3) is 22.5 Å². The van der Waals surface area contributed by atoms with Crippen LogP contribution in [-0.4, -0.2) is 48.9 Å². The van der Waals surface area contributed by atoms with Gasteiger partial charge < -0.3 is 14.1 Å². The molecule has 172 valence electrons. The van der Waals surface area contributed by atoms with Crippen molar-refractivity contribution in [3.05, 3.63) is 52.5 Å². The summed E-state index contributed by atoms with van der Waals surface area (Å²) in [4.78, 5) is 19.1. The number of halogens is 1. The lowest BCUT2D eigenvalue weighted by Crippen LogP contribution is -2.35. The molecule has 0 aliphatic carbocycles. The van der Waals surface area contributed by atoms with Crippen molar-refractivity contribution in [2.45, 2.75) is 33.7 Å². The Morgan fingerprint density at radius 1 is 1.24 bits per heavy atom. The van der Waals surface area contributed by atoms with Crippen LogP contribution in [0.2, 0.25) is 5.02 Å². The number of benzene rings is 1. The summed E-state index contributed by atoms with van der Waals surface area (Å²) >= 11 is 6.22. The van der Waals surface area contributed by atoms with Crippen molar-refractivity contribution >= 4 is 28.5 Å². The number of amides is 1. The first-order valence-electron chi connectivity index (χ1n) is 10.7. The molecule has 3 aromatic heterocycles. The number of aromatic nitrogens is 5. The topological polar surface area (TPSA) is 99.2 Å². The second kappa shape index (κ2) is 9.58. The Labute approximate surface area is 196 Å². The average Bonchev–Trinajstić information content (AvgIpc) is 3.36. The molecule has 0 saturated heterocycles. The Morgan fingerprint density at radius 3 is 2.79 bits per heavy atom. The Balaban J connectivity index is 1.48. The lowest BCUT2D eigenvalue weighted by molar-refractivity contribution is -0.134. The molecule has 1 amide bonds. The van der Waals surface area contributed by atoms with Gasteiger partial charge in [-0.05, 0) is 44.0 Å². The summed E-state index contributed by atoms with van der Waals surface area (Å²) in [5, 5.41) is 13.9. The number of fused-ring (bicyclic) bond motifs is 1. The standard InChI is InChI=1S/C23H25ClN6O3/c1-5-10-30(12-18-26-27-22(33-18)16-8-6-7-9-17(16)24)19(31)13-32-23-20-14(2)11-15(3)25-21(20)29(4)28-23/h6-9,11H,5,10,12-13H2,1-4H3. The fourth-order valence-corrected chi connectivity index (χ4v) is 3.87. The highest BCUT2D eigenvalue weighted by molar-refractivity contribution is 6.33. The van der Waals surface area contributed by atoms with E-state index >= 15 is 0 Å². The SMILES string of the molecule is CCCN(Cc1nnc(-c2ccccc2Cl)o1)C(=O)COc1nn(C)c2nc(C)cc(C)c12. The third kappa shape index (κ3) is 4.83. The molecule has 9 nitrogen and oxygen atoms in total. The van der Waals surface area contributed by atoms with E-state index in [9.17, 15) is 4.79 Å². The van der Waals surface area contributed by atoms with Gasteiger partial charge in [-0.1, -0.05) is 30.7 Å². The molecule has 4 rings (SSSR count). The third-order valence-electron chi connectivity index (χ3n) is 5.16. The van der Waals surface area contributed by atoms with Gasteiger partial charge in [0, 0.05) is 19.3 Å². The monoisotopic (exact) mass is 468 g/mol. The molecular weight excluding hydrogens is 444 g/mol. The number of carbonyl (C=O) groups excluding carboxylic acids is 1. The summed E-state index contributed by atoms with van der Waals surface area (Å²) in [6.07, 6.45) is 0.770. The molecule has 1 aromatic carbocycles. The maximum atomic E-state index is 13.0. The number of aryl methyl sites for hydroxylation is 3. The maximum Gasteiger partial charge on any atom is 0.261 e. The van der Waals surface area contributed by atoms with E-state index in [4.69, 9.17) is 20.8 Å². The number of rotatable bonds is 8. The molecule has 0 aliphatic heterocycles. The van der Waals surface area contributed by atoms with Gasteiger partial charge in [-0.25, -0.2) is 9.67 Å². The van der Waals surface area contributed by atoms with E-state index in [1.165, 1.54) is 0 Å². The molecule has 33 heavy (non-hydrogen) atoms. The van der Waals surface area contributed by atoms with Crippen molar-refractivity contribution in [1.82, 2.24) is 29.9 Å². The van der Waals surface area contributed by atoms with E-state index < -0.39 is 0 Å². The first-order chi connectivity index (χ1) is 15.9. The normalized spacial score (nSPS) is 11.2. The van der Waals surface area contributed by atoms with Gasteiger partial charge in [0.1, 0.15) is 0 Å². The second-order valence-corrected chi connectivity index (χ2v) is 8.20. The number of pyridine rings is 1. The van der Waals surface area contributed by atoms with Crippen LogP contribution in [0.15, 0.2) is 34.7 Å². The molecule has 0 unspecified atom stereocenters. The van der Waals surface area contributed by atoms with Crippen LogP contribution in [-0.2, 0) is 18.4 Å². The largest absolute Gasteiger partial charge is 0.466 e. The van der Waals surface area contributed by atoms with Gasteiger partial charge in [-0.3, -0.25) is 4.79 Å². The van der Waals surface area contributed by atoms with E-state index in [2.05, 4.69) is 20.3 Å². The van der Waals surface area contributed by atoms with Gasteiger partial charge >= 0.3 is 0 Å². The summed E-state index contributed by atoms with van der Waals surface area (Å²) in [7, 11) is 1.80. The van der Waals surface area contributed by atoms with Crippen molar-refractivity contribution in [1.29, 1.82) is 0 Å². The van der Waals surface area contributed by atoms with Crippen LogP contribution in [0, 0.1) is 13.8 Å². The van der Waals surface area contributed by atoms with Crippen LogP contribution in [0.4, 0.5) is 0 Å². The highest BCUT2D eigenvalue weighted by atomic mass is 35.5. The van der Waals surface area contributed by atoms with Gasteiger partial charge in [0.2, 0.25) is 17.7 Å². The minimum absolute atomic E-state index is 0.162. The molecule has 0 saturated carbocycles. The maximum absolute atomic E-state index is 13.0. The van der Waals surface area contributed by atoms with E-state index in [-0.39, 0.29) is 19.1 Å². The smallest absolute Gasteiger partial charge is 0.261 e. The molecule has 10 heteroatoms. The molecular formula is C23H25ClN6O3.